The summed E-state index contributed by atoms with van der Waals surface area (Å²) in [6.07, 6.45) is 0.801. The van der Waals surface area contributed by atoms with Gasteiger partial charge in [-0.25, -0.2) is 9.18 Å². The van der Waals surface area contributed by atoms with E-state index in [1.807, 2.05) is 17.5 Å². The zero-order valence-electron chi connectivity index (χ0n) is 9.82. The van der Waals surface area contributed by atoms with Gasteiger partial charge in [-0.15, -0.1) is 11.3 Å². The van der Waals surface area contributed by atoms with Gasteiger partial charge in [0.05, 0.1) is 15.7 Å². The number of carbonyl (C=O) groups is 1. The van der Waals surface area contributed by atoms with E-state index < -0.39 is 11.8 Å². The molecule has 0 fully saturated rings. The molecule has 1 heterocycles. The third-order valence-corrected chi connectivity index (χ3v) is 4.29. The minimum Gasteiger partial charge on any atom is -0.478 e. The van der Waals surface area contributed by atoms with E-state index in [0.29, 0.717) is 12.2 Å². The van der Waals surface area contributed by atoms with Crippen molar-refractivity contribution in [2.45, 2.75) is 6.42 Å². The summed E-state index contributed by atoms with van der Waals surface area (Å²) in [4.78, 5) is 12.1. The molecule has 0 unspecified atom stereocenters. The van der Waals surface area contributed by atoms with Crippen molar-refractivity contribution in [1.29, 1.82) is 0 Å². The summed E-state index contributed by atoms with van der Waals surface area (Å²) >= 11 is 4.62. The van der Waals surface area contributed by atoms with Gasteiger partial charge in [-0.2, -0.15) is 0 Å². The molecule has 1 aromatic heterocycles. The summed E-state index contributed by atoms with van der Waals surface area (Å²) in [5, 5.41) is 13.8. The number of nitrogens with one attached hydrogen (secondary N) is 1. The molecule has 2 N–H and O–H groups in total. The van der Waals surface area contributed by atoms with E-state index in [1.54, 1.807) is 11.3 Å². The van der Waals surface area contributed by atoms with Gasteiger partial charge in [0.25, 0.3) is 0 Å². The highest BCUT2D eigenvalue weighted by molar-refractivity contribution is 9.10. The van der Waals surface area contributed by atoms with Crippen molar-refractivity contribution >= 4 is 38.9 Å². The fraction of sp³-hybridized carbons (Fsp3) is 0.154. The van der Waals surface area contributed by atoms with Gasteiger partial charge in [-0.1, -0.05) is 6.07 Å². The van der Waals surface area contributed by atoms with Gasteiger partial charge in [0.1, 0.15) is 0 Å². The minimum absolute atomic E-state index is 0.0267. The van der Waals surface area contributed by atoms with Gasteiger partial charge in [-0.05, 0) is 45.9 Å². The molecule has 2 aromatic rings. The van der Waals surface area contributed by atoms with E-state index >= 15 is 0 Å². The zero-order valence-corrected chi connectivity index (χ0v) is 12.2. The number of halogens is 2. The molecule has 2 rings (SSSR count). The average Bonchev–Trinajstić information content (AvgIpc) is 2.87. The van der Waals surface area contributed by atoms with Crippen molar-refractivity contribution in [3.63, 3.8) is 0 Å². The molecule has 6 heteroatoms. The van der Waals surface area contributed by atoms with Crippen LogP contribution in [0.5, 0.6) is 0 Å². The van der Waals surface area contributed by atoms with E-state index in [2.05, 4.69) is 21.2 Å². The van der Waals surface area contributed by atoms with Crippen molar-refractivity contribution in [3.8, 4) is 0 Å². The Hall–Kier alpha value is -1.40. The van der Waals surface area contributed by atoms with Crippen molar-refractivity contribution in [3.05, 3.63) is 50.4 Å². The summed E-state index contributed by atoms with van der Waals surface area (Å²) < 4.78 is 13.9. The molecule has 1 aromatic carbocycles. The molecule has 0 spiro atoms. The van der Waals surface area contributed by atoms with Crippen LogP contribution in [0.3, 0.4) is 0 Å². The number of anilines is 1. The first-order valence-corrected chi connectivity index (χ1v) is 7.24. The topological polar surface area (TPSA) is 49.3 Å². The Balaban J connectivity index is 2.05. The smallest absolute Gasteiger partial charge is 0.336 e. The standard InChI is InChI=1S/C13H11BrFNO2S/c14-11-9(13(17)18)3-4-10(12(11)15)16-6-5-8-2-1-7-19-8/h1-4,7,16H,5-6H2,(H,17,18). The van der Waals surface area contributed by atoms with E-state index in [1.165, 1.54) is 17.0 Å². The lowest BCUT2D eigenvalue weighted by atomic mass is 10.2. The third-order valence-electron chi connectivity index (χ3n) is 2.58. The highest BCUT2D eigenvalue weighted by Gasteiger charge is 2.15. The van der Waals surface area contributed by atoms with Crippen LogP contribution < -0.4 is 5.32 Å². The predicted octanol–water partition coefficient (Wildman–Crippen LogP) is 4.00. The lowest BCUT2D eigenvalue weighted by molar-refractivity contribution is 0.0695. The SMILES string of the molecule is O=C(O)c1ccc(NCCc2cccs2)c(F)c1Br. The van der Waals surface area contributed by atoms with Crippen LogP contribution in [0.4, 0.5) is 10.1 Å². The minimum atomic E-state index is -1.16. The maximum absolute atomic E-state index is 13.9. The van der Waals surface area contributed by atoms with Crippen LogP contribution in [0.25, 0.3) is 0 Å². The summed E-state index contributed by atoms with van der Waals surface area (Å²) in [5.74, 6) is -1.73. The molecular formula is C13H11BrFNO2S. The lowest BCUT2D eigenvalue weighted by Crippen LogP contribution is -2.08. The van der Waals surface area contributed by atoms with Gasteiger partial charge >= 0.3 is 5.97 Å². The summed E-state index contributed by atoms with van der Waals surface area (Å²) in [6, 6.07) is 6.81. The van der Waals surface area contributed by atoms with Crippen LogP contribution in [-0.2, 0) is 6.42 Å². The predicted molar refractivity (Wildman–Crippen MR) is 77.6 cm³/mol. The maximum atomic E-state index is 13.9. The molecule has 0 aliphatic carbocycles. The Labute approximate surface area is 122 Å². The number of aromatic carboxylic acids is 1. The van der Waals surface area contributed by atoms with Crippen LogP contribution in [0.15, 0.2) is 34.1 Å². The molecule has 19 heavy (non-hydrogen) atoms. The highest BCUT2D eigenvalue weighted by atomic mass is 79.9. The first-order chi connectivity index (χ1) is 9.09. The Morgan fingerprint density at radius 1 is 1.42 bits per heavy atom. The van der Waals surface area contributed by atoms with Gasteiger partial charge < -0.3 is 10.4 Å². The Bertz CT molecular complexity index is 587. The second kappa shape index (κ2) is 6.16. The number of hydrogen-bond acceptors (Lipinski definition) is 3. The molecule has 100 valence electrons. The fourth-order valence-corrected chi connectivity index (χ4v) is 2.85. The fourth-order valence-electron chi connectivity index (χ4n) is 1.63. The van der Waals surface area contributed by atoms with Gasteiger partial charge in [0.2, 0.25) is 0 Å². The first kappa shape index (κ1) is 14.0. The molecular weight excluding hydrogens is 333 g/mol. The summed E-state index contributed by atoms with van der Waals surface area (Å²) in [7, 11) is 0. The van der Waals surface area contributed by atoms with E-state index in [-0.39, 0.29) is 10.0 Å². The Kier molecular flexibility index (Phi) is 4.55. The summed E-state index contributed by atoms with van der Waals surface area (Å²) in [6.45, 7) is 0.594. The van der Waals surface area contributed by atoms with Crippen molar-refractivity contribution in [1.82, 2.24) is 0 Å². The van der Waals surface area contributed by atoms with Crippen LogP contribution >= 0.6 is 27.3 Å². The molecule has 0 aliphatic rings. The maximum Gasteiger partial charge on any atom is 0.336 e. The number of benzene rings is 1. The van der Waals surface area contributed by atoms with Crippen LogP contribution in [0, 0.1) is 5.82 Å². The number of carboxylic acids is 1. The second-order valence-electron chi connectivity index (χ2n) is 3.85. The number of thiophene rings is 1. The second-order valence-corrected chi connectivity index (χ2v) is 5.68. The Morgan fingerprint density at radius 3 is 2.84 bits per heavy atom. The van der Waals surface area contributed by atoms with Gasteiger partial charge in [-0.3, -0.25) is 0 Å². The lowest BCUT2D eigenvalue weighted by Gasteiger charge is -2.09. The molecule has 0 aliphatic heterocycles. The number of carboxylic acid groups (broad SMARTS) is 1. The normalized spacial score (nSPS) is 10.4. The largest absolute Gasteiger partial charge is 0.478 e. The zero-order chi connectivity index (χ0) is 13.8. The Morgan fingerprint density at radius 2 is 2.21 bits per heavy atom. The van der Waals surface area contributed by atoms with Crippen LogP contribution in [-0.4, -0.2) is 17.6 Å². The van der Waals surface area contributed by atoms with Crippen molar-refractivity contribution < 1.29 is 14.3 Å². The molecule has 0 saturated carbocycles. The molecule has 0 atom stereocenters. The van der Waals surface area contributed by atoms with Gasteiger partial charge in [0, 0.05) is 11.4 Å². The third kappa shape index (κ3) is 3.33. The van der Waals surface area contributed by atoms with Gasteiger partial charge in [0.15, 0.2) is 5.82 Å². The highest BCUT2D eigenvalue weighted by Crippen LogP contribution is 2.27. The quantitative estimate of drug-likeness (QED) is 0.862. The van der Waals surface area contributed by atoms with E-state index in [0.717, 1.165) is 6.42 Å². The van der Waals surface area contributed by atoms with Crippen molar-refractivity contribution in [2.24, 2.45) is 0 Å². The van der Waals surface area contributed by atoms with Crippen molar-refractivity contribution in [2.75, 3.05) is 11.9 Å². The summed E-state index contributed by atoms with van der Waals surface area (Å²) in [5.41, 5.74) is 0.217. The molecule has 3 nitrogen and oxygen atoms in total. The molecule has 0 radical (unpaired) electrons. The van der Waals surface area contributed by atoms with Crippen LogP contribution in [0.2, 0.25) is 0 Å². The monoisotopic (exact) mass is 343 g/mol. The molecule has 0 bridgehead atoms. The number of hydrogen-bond donors (Lipinski definition) is 2. The molecule has 0 saturated heterocycles. The van der Waals surface area contributed by atoms with E-state index in [4.69, 9.17) is 5.11 Å². The number of rotatable bonds is 5. The average molecular weight is 344 g/mol. The first-order valence-electron chi connectivity index (χ1n) is 5.57. The van der Waals surface area contributed by atoms with Crippen LogP contribution in [0.1, 0.15) is 15.2 Å². The molecule has 0 amide bonds. The van der Waals surface area contributed by atoms with E-state index in [9.17, 15) is 9.18 Å².